The van der Waals surface area contributed by atoms with Gasteiger partial charge < -0.3 is 19.5 Å². The van der Waals surface area contributed by atoms with Crippen molar-refractivity contribution >= 4 is 12.1 Å². The topological polar surface area (TPSA) is 82.5 Å². The molecule has 2 rings (SSSR count). The fourth-order valence-electron chi connectivity index (χ4n) is 2.92. The molecule has 0 spiro atoms. The quantitative estimate of drug-likeness (QED) is 0.787. The number of carboxylic acids is 1. The van der Waals surface area contributed by atoms with Crippen LogP contribution in [0.1, 0.15) is 20.8 Å². The van der Waals surface area contributed by atoms with Gasteiger partial charge in [-0.2, -0.15) is 0 Å². The van der Waals surface area contributed by atoms with Crippen molar-refractivity contribution in [1.82, 2.24) is 14.7 Å². The Balaban J connectivity index is 1.82. The number of carbonyl (C=O) groups is 2. The van der Waals surface area contributed by atoms with E-state index in [0.29, 0.717) is 59.0 Å². The highest BCUT2D eigenvalue weighted by Gasteiger charge is 2.31. The lowest BCUT2D eigenvalue weighted by Gasteiger charge is -2.39. The Kier molecular flexibility index (Phi) is 6.42. The molecule has 24 heavy (non-hydrogen) atoms. The zero-order valence-corrected chi connectivity index (χ0v) is 14.9. The Morgan fingerprint density at radius 3 is 2.17 bits per heavy atom. The maximum absolute atomic E-state index is 12.1. The number of aliphatic carboxylic acids is 1. The van der Waals surface area contributed by atoms with Gasteiger partial charge in [0.1, 0.15) is 11.6 Å². The molecule has 1 unspecified atom stereocenters. The second-order valence-corrected chi connectivity index (χ2v) is 7.27. The Hall–Kier alpha value is -1.38. The molecule has 0 aromatic heterocycles. The van der Waals surface area contributed by atoms with E-state index in [4.69, 9.17) is 9.47 Å². The molecule has 0 aromatic rings. The van der Waals surface area contributed by atoms with E-state index < -0.39 is 17.6 Å². The van der Waals surface area contributed by atoms with Crippen LogP contribution in [0.3, 0.4) is 0 Å². The van der Waals surface area contributed by atoms with Gasteiger partial charge in [0.25, 0.3) is 0 Å². The van der Waals surface area contributed by atoms with Gasteiger partial charge in [0.05, 0.1) is 13.2 Å². The molecule has 1 atom stereocenters. The van der Waals surface area contributed by atoms with Gasteiger partial charge in [-0.3, -0.25) is 14.6 Å². The van der Waals surface area contributed by atoms with Crippen molar-refractivity contribution in [3.8, 4) is 0 Å². The minimum atomic E-state index is -0.800. The monoisotopic (exact) mass is 343 g/mol. The van der Waals surface area contributed by atoms with E-state index in [-0.39, 0.29) is 6.09 Å². The number of piperazine rings is 1. The summed E-state index contributed by atoms with van der Waals surface area (Å²) in [5.41, 5.74) is -0.501. The maximum Gasteiger partial charge on any atom is 0.410 e. The largest absolute Gasteiger partial charge is 0.480 e. The number of morpholine rings is 1. The summed E-state index contributed by atoms with van der Waals surface area (Å²) in [7, 11) is 0. The first-order valence-corrected chi connectivity index (χ1v) is 8.51. The number of hydrogen-bond acceptors (Lipinski definition) is 6. The lowest BCUT2D eigenvalue weighted by atomic mass is 10.2. The molecule has 0 radical (unpaired) electrons. The first-order chi connectivity index (χ1) is 11.3. The normalized spacial score (nSPS) is 22.2. The van der Waals surface area contributed by atoms with Crippen LogP contribution in [0.25, 0.3) is 0 Å². The van der Waals surface area contributed by atoms with E-state index in [1.165, 1.54) is 0 Å². The van der Waals surface area contributed by atoms with Crippen molar-refractivity contribution in [2.45, 2.75) is 32.4 Å². The number of carbonyl (C=O) groups excluding carboxylic acids is 1. The van der Waals surface area contributed by atoms with Crippen molar-refractivity contribution in [2.24, 2.45) is 0 Å². The van der Waals surface area contributed by atoms with E-state index in [9.17, 15) is 14.7 Å². The Labute approximate surface area is 143 Å². The van der Waals surface area contributed by atoms with Crippen LogP contribution in [0, 0.1) is 0 Å². The minimum absolute atomic E-state index is 0.301. The van der Waals surface area contributed by atoms with Crippen LogP contribution in [0.2, 0.25) is 0 Å². The number of carboxylic acid groups (broad SMARTS) is 1. The molecule has 2 aliphatic rings. The van der Waals surface area contributed by atoms with Gasteiger partial charge >= 0.3 is 12.1 Å². The van der Waals surface area contributed by atoms with Crippen LogP contribution in [0.4, 0.5) is 4.79 Å². The standard InChI is InChI=1S/C16H29N3O5/c1-16(2,3)24-15(22)19-6-4-17(5-7-19)12-13(14(20)21)18-8-10-23-11-9-18/h13H,4-12H2,1-3H3,(H,20,21). The first-order valence-electron chi connectivity index (χ1n) is 8.51. The SMILES string of the molecule is CC(C)(C)OC(=O)N1CCN(CC(C(=O)O)N2CCOCC2)CC1. The number of amides is 1. The molecular formula is C16H29N3O5. The van der Waals surface area contributed by atoms with Gasteiger partial charge in [-0.25, -0.2) is 4.79 Å². The van der Waals surface area contributed by atoms with E-state index in [2.05, 4.69) is 4.90 Å². The van der Waals surface area contributed by atoms with Crippen molar-refractivity contribution < 1.29 is 24.2 Å². The van der Waals surface area contributed by atoms with Gasteiger partial charge in [-0.1, -0.05) is 0 Å². The molecule has 2 fully saturated rings. The van der Waals surface area contributed by atoms with E-state index in [0.717, 1.165) is 0 Å². The second-order valence-electron chi connectivity index (χ2n) is 7.27. The lowest BCUT2D eigenvalue weighted by Crippen LogP contribution is -2.56. The highest BCUT2D eigenvalue weighted by Crippen LogP contribution is 2.13. The lowest BCUT2D eigenvalue weighted by molar-refractivity contribution is -0.146. The molecule has 2 aliphatic heterocycles. The molecule has 8 heteroatoms. The van der Waals surface area contributed by atoms with Gasteiger partial charge in [-0.15, -0.1) is 0 Å². The highest BCUT2D eigenvalue weighted by atomic mass is 16.6. The molecule has 2 heterocycles. The molecule has 138 valence electrons. The maximum atomic E-state index is 12.1. The van der Waals surface area contributed by atoms with Crippen LogP contribution < -0.4 is 0 Å². The highest BCUT2D eigenvalue weighted by molar-refractivity contribution is 5.73. The number of rotatable bonds is 4. The predicted molar refractivity (Wildman–Crippen MR) is 88.1 cm³/mol. The van der Waals surface area contributed by atoms with Crippen molar-refractivity contribution in [3.05, 3.63) is 0 Å². The van der Waals surface area contributed by atoms with Crippen LogP contribution in [-0.2, 0) is 14.3 Å². The van der Waals surface area contributed by atoms with E-state index in [1.54, 1.807) is 4.90 Å². The summed E-state index contributed by atoms with van der Waals surface area (Å²) in [6, 6.07) is -0.526. The molecule has 0 aromatic carbocycles. The Morgan fingerprint density at radius 1 is 1.08 bits per heavy atom. The molecule has 2 saturated heterocycles. The summed E-state index contributed by atoms with van der Waals surface area (Å²) in [6.07, 6.45) is -0.301. The van der Waals surface area contributed by atoms with Crippen molar-refractivity contribution in [3.63, 3.8) is 0 Å². The van der Waals surface area contributed by atoms with Gasteiger partial charge in [-0.05, 0) is 20.8 Å². The van der Waals surface area contributed by atoms with E-state index >= 15 is 0 Å². The van der Waals surface area contributed by atoms with Crippen LogP contribution >= 0.6 is 0 Å². The van der Waals surface area contributed by atoms with Gasteiger partial charge in [0.2, 0.25) is 0 Å². The molecule has 8 nitrogen and oxygen atoms in total. The number of hydrogen-bond donors (Lipinski definition) is 1. The van der Waals surface area contributed by atoms with Crippen molar-refractivity contribution in [2.75, 3.05) is 59.0 Å². The van der Waals surface area contributed by atoms with Crippen LogP contribution in [0.15, 0.2) is 0 Å². The zero-order valence-electron chi connectivity index (χ0n) is 14.9. The minimum Gasteiger partial charge on any atom is -0.480 e. The molecular weight excluding hydrogens is 314 g/mol. The third-order valence-electron chi connectivity index (χ3n) is 4.23. The third-order valence-corrected chi connectivity index (χ3v) is 4.23. The number of nitrogens with zero attached hydrogens (tertiary/aromatic N) is 3. The summed E-state index contributed by atoms with van der Waals surface area (Å²) in [4.78, 5) is 29.4. The first kappa shape index (κ1) is 19.0. The molecule has 0 saturated carbocycles. The molecule has 1 N–H and O–H groups in total. The average Bonchev–Trinajstić information content (AvgIpc) is 2.52. The van der Waals surface area contributed by atoms with Crippen LogP contribution in [0.5, 0.6) is 0 Å². The Bertz CT molecular complexity index is 437. The molecule has 0 aliphatic carbocycles. The fraction of sp³-hybridized carbons (Fsp3) is 0.875. The second kappa shape index (κ2) is 8.13. The fourth-order valence-corrected chi connectivity index (χ4v) is 2.92. The smallest absolute Gasteiger partial charge is 0.410 e. The number of ether oxygens (including phenoxy) is 2. The molecule has 0 bridgehead atoms. The van der Waals surface area contributed by atoms with Gasteiger partial charge in [0, 0.05) is 45.8 Å². The summed E-state index contributed by atoms with van der Waals surface area (Å²) < 4.78 is 10.7. The summed E-state index contributed by atoms with van der Waals surface area (Å²) >= 11 is 0. The average molecular weight is 343 g/mol. The van der Waals surface area contributed by atoms with E-state index in [1.807, 2.05) is 25.7 Å². The summed E-state index contributed by atoms with van der Waals surface area (Å²) in [6.45, 7) is 10.9. The predicted octanol–water partition coefficient (Wildman–Crippen LogP) is 0.325. The van der Waals surface area contributed by atoms with Crippen molar-refractivity contribution in [1.29, 1.82) is 0 Å². The molecule has 1 amide bonds. The third kappa shape index (κ3) is 5.61. The summed E-state index contributed by atoms with van der Waals surface area (Å²) in [5, 5.41) is 9.53. The van der Waals surface area contributed by atoms with Gasteiger partial charge in [0.15, 0.2) is 0 Å². The summed E-state index contributed by atoms with van der Waals surface area (Å²) in [5.74, 6) is -0.800. The van der Waals surface area contributed by atoms with Crippen LogP contribution in [-0.4, -0.2) is 103 Å². The Morgan fingerprint density at radius 2 is 1.67 bits per heavy atom. The zero-order chi connectivity index (χ0) is 17.7.